The van der Waals surface area contributed by atoms with Gasteiger partial charge in [0, 0.05) is 9.37 Å². The SMILES string of the molecule is Cc1ccc(Br)cc1SBr. The van der Waals surface area contributed by atoms with Crippen LogP contribution in [0.5, 0.6) is 0 Å². The lowest BCUT2D eigenvalue weighted by molar-refractivity contribution is 1.30. The molecule has 0 fully saturated rings. The summed E-state index contributed by atoms with van der Waals surface area (Å²) in [6.45, 7) is 2.09. The van der Waals surface area contributed by atoms with Crippen LogP contribution < -0.4 is 0 Å². The minimum Gasteiger partial charge on any atom is -0.0571 e. The van der Waals surface area contributed by atoms with E-state index in [0.717, 1.165) is 4.47 Å². The molecule has 0 atom stereocenters. The second-order valence-electron chi connectivity index (χ2n) is 1.99. The highest BCUT2D eigenvalue weighted by Crippen LogP contribution is 2.29. The second-order valence-corrected chi connectivity index (χ2v) is 4.47. The number of hydrogen-bond donors (Lipinski definition) is 0. The van der Waals surface area contributed by atoms with Crippen LogP contribution in [0.4, 0.5) is 0 Å². The Morgan fingerprint density at radius 2 is 2.10 bits per heavy atom. The summed E-state index contributed by atoms with van der Waals surface area (Å²) in [6, 6.07) is 6.23. The van der Waals surface area contributed by atoms with Gasteiger partial charge < -0.3 is 0 Å². The van der Waals surface area contributed by atoms with Crippen LogP contribution in [0.25, 0.3) is 0 Å². The summed E-state index contributed by atoms with van der Waals surface area (Å²) >= 11 is 6.74. The first kappa shape index (κ1) is 8.62. The third kappa shape index (κ3) is 2.01. The van der Waals surface area contributed by atoms with Crippen molar-refractivity contribution in [3.8, 4) is 0 Å². The van der Waals surface area contributed by atoms with Crippen LogP contribution in [0.1, 0.15) is 5.56 Å². The Balaban J connectivity index is 3.09. The van der Waals surface area contributed by atoms with Crippen molar-refractivity contribution in [3.63, 3.8) is 0 Å². The summed E-state index contributed by atoms with van der Waals surface area (Å²) in [7, 11) is 1.59. The number of halogens is 2. The molecule has 54 valence electrons. The Hall–Kier alpha value is 0.530. The summed E-state index contributed by atoms with van der Waals surface area (Å²) in [4.78, 5) is 1.26. The van der Waals surface area contributed by atoms with Gasteiger partial charge in [0.05, 0.1) is 0 Å². The molecule has 0 radical (unpaired) electrons. The van der Waals surface area contributed by atoms with E-state index in [1.807, 2.05) is 6.07 Å². The van der Waals surface area contributed by atoms with Crippen LogP contribution in [0, 0.1) is 6.92 Å². The highest BCUT2D eigenvalue weighted by molar-refractivity contribution is 9.50. The van der Waals surface area contributed by atoms with Crippen molar-refractivity contribution in [1.29, 1.82) is 0 Å². The van der Waals surface area contributed by atoms with Gasteiger partial charge in [0.1, 0.15) is 0 Å². The third-order valence-electron chi connectivity index (χ3n) is 1.23. The maximum Gasteiger partial charge on any atom is 0.0228 e. The standard InChI is InChI=1S/C7H6Br2S/c1-5-2-3-6(8)4-7(5)10-9/h2-4H,1H3. The maximum absolute atomic E-state index is 3.40. The van der Waals surface area contributed by atoms with Crippen LogP contribution in [0.2, 0.25) is 0 Å². The van der Waals surface area contributed by atoms with E-state index in [0.29, 0.717) is 0 Å². The fourth-order valence-corrected chi connectivity index (χ4v) is 2.58. The van der Waals surface area contributed by atoms with Crippen molar-refractivity contribution < 1.29 is 0 Å². The lowest BCUT2D eigenvalue weighted by Gasteiger charge is -1.99. The Morgan fingerprint density at radius 3 is 2.60 bits per heavy atom. The van der Waals surface area contributed by atoms with Crippen molar-refractivity contribution in [2.24, 2.45) is 0 Å². The van der Waals surface area contributed by atoms with E-state index >= 15 is 0 Å². The Morgan fingerprint density at radius 1 is 1.40 bits per heavy atom. The number of aryl methyl sites for hydroxylation is 1. The van der Waals surface area contributed by atoms with Gasteiger partial charge in [0.15, 0.2) is 0 Å². The molecule has 3 heteroatoms. The smallest absolute Gasteiger partial charge is 0.0228 e. The van der Waals surface area contributed by atoms with Crippen molar-refractivity contribution in [2.75, 3.05) is 0 Å². The monoisotopic (exact) mass is 280 g/mol. The van der Waals surface area contributed by atoms with Gasteiger partial charge in [0.25, 0.3) is 0 Å². The summed E-state index contributed by atoms with van der Waals surface area (Å²) in [5.41, 5.74) is 1.30. The minimum absolute atomic E-state index is 1.13. The molecule has 0 saturated heterocycles. The molecule has 0 aliphatic heterocycles. The van der Waals surface area contributed by atoms with Gasteiger partial charge in [-0.15, -0.1) is 0 Å². The van der Waals surface area contributed by atoms with Gasteiger partial charge in [-0.25, -0.2) is 0 Å². The average molecular weight is 282 g/mol. The first-order valence-electron chi connectivity index (χ1n) is 2.79. The van der Waals surface area contributed by atoms with Crippen molar-refractivity contribution >= 4 is 40.9 Å². The summed E-state index contributed by atoms with van der Waals surface area (Å²) in [5.74, 6) is 0. The number of benzene rings is 1. The Kier molecular flexibility index (Phi) is 3.27. The van der Waals surface area contributed by atoms with Gasteiger partial charge in [-0.2, -0.15) is 0 Å². The fourth-order valence-electron chi connectivity index (χ4n) is 0.657. The molecule has 1 aromatic carbocycles. The van der Waals surface area contributed by atoms with E-state index in [4.69, 9.17) is 0 Å². The van der Waals surface area contributed by atoms with E-state index in [2.05, 4.69) is 49.8 Å². The van der Waals surface area contributed by atoms with Crippen LogP contribution in [0.3, 0.4) is 0 Å². The van der Waals surface area contributed by atoms with Gasteiger partial charge >= 0.3 is 0 Å². The predicted octanol–water partition coefficient (Wildman–Crippen LogP) is 4.16. The largest absolute Gasteiger partial charge is 0.0571 e. The molecule has 0 heterocycles. The number of hydrogen-bond acceptors (Lipinski definition) is 1. The fraction of sp³-hybridized carbons (Fsp3) is 0.143. The van der Waals surface area contributed by atoms with E-state index < -0.39 is 0 Å². The van der Waals surface area contributed by atoms with Crippen molar-refractivity contribution in [2.45, 2.75) is 11.8 Å². The highest BCUT2D eigenvalue weighted by atomic mass is 79.9. The normalized spacial score (nSPS) is 9.90. The van der Waals surface area contributed by atoms with Gasteiger partial charge in [-0.05, 0) is 49.6 Å². The van der Waals surface area contributed by atoms with Crippen molar-refractivity contribution in [3.05, 3.63) is 28.2 Å². The summed E-state index contributed by atoms with van der Waals surface area (Å²) < 4.78 is 1.13. The van der Waals surface area contributed by atoms with E-state index in [9.17, 15) is 0 Å². The molecule has 10 heavy (non-hydrogen) atoms. The second kappa shape index (κ2) is 3.79. The van der Waals surface area contributed by atoms with Gasteiger partial charge in [0.2, 0.25) is 0 Å². The molecular formula is C7H6Br2S. The number of rotatable bonds is 1. The lowest BCUT2D eigenvalue weighted by Crippen LogP contribution is -1.75. The third-order valence-corrected chi connectivity index (χ3v) is 3.38. The molecule has 0 aliphatic carbocycles. The minimum atomic E-state index is 1.13. The van der Waals surface area contributed by atoms with Gasteiger partial charge in [-0.3, -0.25) is 0 Å². The van der Waals surface area contributed by atoms with Crippen LogP contribution in [-0.2, 0) is 0 Å². The predicted molar refractivity (Wildman–Crippen MR) is 53.7 cm³/mol. The molecule has 0 bridgehead atoms. The molecule has 0 nitrogen and oxygen atoms in total. The molecule has 1 aromatic rings. The Bertz CT molecular complexity index is 235. The Labute approximate surface area is 80.7 Å². The lowest BCUT2D eigenvalue weighted by atomic mass is 10.2. The van der Waals surface area contributed by atoms with Crippen LogP contribution >= 0.6 is 40.9 Å². The van der Waals surface area contributed by atoms with Crippen LogP contribution in [0.15, 0.2) is 27.6 Å². The van der Waals surface area contributed by atoms with E-state index in [1.54, 1.807) is 10.2 Å². The first-order valence-corrected chi connectivity index (χ1v) is 6.24. The van der Waals surface area contributed by atoms with Crippen molar-refractivity contribution in [1.82, 2.24) is 0 Å². The molecule has 0 aromatic heterocycles. The quantitative estimate of drug-likeness (QED) is 0.745. The highest BCUT2D eigenvalue weighted by Gasteiger charge is 1.96. The van der Waals surface area contributed by atoms with E-state index in [-0.39, 0.29) is 0 Å². The maximum atomic E-state index is 3.40. The molecule has 0 unspecified atom stereocenters. The first-order chi connectivity index (χ1) is 4.74. The molecular weight excluding hydrogens is 276 g/mol. The van der Waals surface area contributed by atoms with E-state index in [1.165, 1.54) is 10.5 Å². The summed E-state index contributed by atoms with van der Waals surface area (Å²) in [5, 5.41) is 0. The zero-order valence-electron chi connectivity index (χ0n) is 5.40. The average Bonchev–Trinajstić information content (AvgIpc) is 1.94. The zero-order chi connectivity index (χ0) is 7.56. The van der Waals surface area contributed by atoms with Crippen LogP contribution in [-0.4, -0.2) is 0 Å². The molecule has 0 aliphatic rings. The molecule has 1 rings (SSSR count). The molecule has 0 spiro atoms. The summed E-state index contributed by atoms with van der Waals surface area (Å²) in [6.07, 6.45) is 0. The molecule has 0 N–H and O–H groups in total. The van der Waals surface area contributed by atoms with Gasteiger partial charge in [-0.1, -0.05) is 22.0 Å². The zero-order valence-corrected chi connectivity index (χ0v) is 9.38. The topological polar surface area (TPSA) is 0 Å². The molecule has 0 amide bonds. The molecule has 0 saturated carbocycles.